The van der Waals surface area contributed by atoms with Gasteiger partial charge in [0.1, 0.15) is 5.76 Å². The number of hydrogen-bond acceptors (Lipinski definition) is 3. The van der Waals surface area contributed by atoms with E-state index in [-0.39, 0.29) is 5.76 Å². The normalized spacial score (nSPS) is 10.2. The first-order valence-corrected chi connectivity index (χ1v) is 5.52. The van der Waals surface area contributed by atoms with Crippen molar-refractivity contribution in [2.45, 2.75) is 13.3 Å². The third kappa shape index (κ3) is 2.23. The standard InChI is InChI=1S/C14H14O3/c1-3-10-6-4-5-7-11(10)12-8-9-13(17-12)14(15)16-2/h4-9H,3H2,1-2H3. The largest absolute Gasteiger partial charge is 0.463 e. The molecule has 0 amide bonds. The Kier molecular flexibility index (Phi) is 3.28. The second kappa shape index (κ2) is 4.87. The van der Waals surface area contributed by atoms with Gasteiger partial charge in [-0.3, -0.25) is 0 Å². The zero-order valence-corrected chi connectivity index (χ0v) is 9.90. The van der Waals surface area contributed by atoms with Gasteiger partial charge in [0.2, 0.25) is 5.76 Å². The Bertz CT molecular complexity index is 526. The number of aryl methyl sites for hydroxylation is 1. The predicted molar refractivity (Wildman–Crippen MR) is 64.9 cm³/mol. The number of carbonyl (C=O) groups excluding carboxylic acids is 1. The number of ether oxygens (including phenoxy) is 1. The number of methoxy groups -OCH3 is 1. The van der Waals surface area contributed by atoms with Crippen LogP contribution in [-0.4, -0.2) is 13.1 Å². The lowest BCUT2D eigenvalue weighted by Gasteiger charge is -2.03. The maximum Gasteiger partial charge on any atom is 0.373 e. The van der Waals surface area contributed by atoms with Crippen LogP contribution in [0, 0.1) is 0 Å². The number of rotatable bonds is 3. The van der Waals surface area contributed by atoms with E-state index in [9.17, 15) is 4.79 Å². The third-order valence-electron chi connectivity index (χ3n) is 2.66. The summed E-state index contributed by atoms with van der Waals surface area (Å²) in [7, 11) is 1.34. The van der Waals surface area contributed by atoms with Crippen molar-refractivity contribution in [2.75, 3.05) is 7.11 Å². The molecular weight excluding hydrogens is 216 g/mol. The Labute approximate surface area is 100 Å². The summed E-state index contributed by atoms with van der Waals surface area (Å²) in [5.41, 5.74) is 2.21. The van der Waals surface area contributed by atoms with Crippen molar-refractivity contribution in [1.29, 1.82) is 0 Å². The van der Waals surface area contributed by atoms with Gasteiger partial charge >= 0.3 is 5.97 Å². The summed E-state index contributed by atoms with van der Waals surface area (Å²) in [5, 5.41) is 0. The molecular formula is C14H14O3. The summed E-state index contributed by atoms with van der Waals surface area (Å²) in [6, 6.07) is 11.4. The van der Waals surface area contributed by atoms with Gasteiger partial charge in [-0.2, -0.15) is 0 Å². The average molecular weight is 230 g/mol. The molecule has 0 radical (unpaired) electrons. The molecule has 17 heavy (non-hydrogen) atoms. The molecule has 0 aliphatic carbocycles. The van der Waals surface area contributed by atoms with Crippen molar-refractivity contribution >= 4 is 5.97 Å². The molecule has 3 nitrogen and oxygen atoms in total. The summed E-state index contributed by atoms with van der Waals surface area (Å²) in [4.78, 5) is 11.3. The molecule has 0 fully saturated rings. The predicted octanol–water partition coefficient (Wildman–Crippen LogP) is 3.30. The van der Waals surface area contributed by atoms with Crippen LogP contribution in [0.2, 0.25) is 0 Å². The number of furan rings is 1. The molecule has 0 unspecified atom stereocenters. The molecule has 0 saturated heterocycles. The molecule has 0 aliphatic heterocycles. The second-order valence-corrected chi connectivity index (χ2v) is 3.67. The van der Waals surface area contributed by atoms with Crippen LogP contribution in [0.4, 0.5) is 0 Å². The highest BCUT2D eigenvalue weighted by Crippen LogP contribution is 2.26. The fraction of sp³-hybridized carbons (Fsp3) is 0.214. The Balaban J connectivity index is 2.40. The van der Waals surface area contributed by atoms with Gasteiger partial charge in [-0.05, 0) is 24.1 Å². The lowest BCUT2D eigenvalue weighted by molar-refractivity contribution is 0.0566. The van der Waals surface area contributed by atoms with Crippen LogP contribution in [0.25, 0.3) is 11.3 Å². The highest BCUT2D eigenvalue weighted by Gasteiger charge is 2.13. The zero-order chi connectivity index (χ0) is 12.3. The lowest BCUT2D eigenvalue weighted by Crippen LogP contribution is -1.98. The van der Waals surface area contributed by atoms with Crippen molar-refractivity contribution in [3.8, 4) is 11.3 Å². The third-order valence-corrected chi connectivity index (χ3v) is 2.66. The summed E-state index contributed by atoms with van der Waals surface area (Å²) in [6.45, 7) is 2.09. The SMILES string of the molecule is CCc1ccccc1-c1ccc(C(=O)OC)o1. The molecule has 1 aromatic heterocycles. The average Bonchev–Trinajstić information content (AvgIpc) is 2.87. The Morgan fingerprint density at radius 3 is 2.71 bits per heavy atom. The second-order valence-electron chi connectivity index (χ2n) is 3.67. The van der Waals surface area contributed by atoms with E-state index < -0.39 is 5.97 Å². The number of esters is 1. The Morgan fingerprint density at radius 1 is 1.24 bits per heavy atom. The monoisotopic (exact) mass is 230 g/mol. The highest BCUT2D eigenvalue weighted by atomic mass is 16.5. The minimum absolute atomic E-state index is 0.230. The molecule has 3 heteroatoms. The van der Waals surface area contributed by atoms with Crippen molar-refractivity contribution in [3.05, 3.63) is 47.7 Å². The fourth-order valence-electron chi connectivity index (χ4n) is 1.76. The van der Waals surface area contributed by atoms with Crippen LogP contribution in [0.3, 0.4) is 0 Å². The van der Waals surface area contributed by atoms with E-state index in [4.69, 9.17) is 4.42 Å². The molecule has 1 heterocycles. The van der Waals surface area contributed by atoms with Crippen LogP contribution < -0.4 is 0 Å². The van der Waals surface area contributed by atoms with Crippen LogP contribution in [0.5, 0.6) is 0 Å². The highest BCUT2D eigenvalue weighted by molar-refractivity contribution is 5.87. The van der Waals surface area contributed by atoms with Crippen LogP contribution in [0.15, 0.2) is 40.8 Å². The van der Waals surface area contributed by atoms with Crippen molar-refractivity contribution in [3.63, 3.8) is 0 Å². The maximum atomic E-state index is 11.3. The van der Waals surface area contributed by atoms with Crippen LogP contribution in [-0.2, 0) is 11.2 Å². The topological polar surface area (TPSA) is 39.4 Å². The van der Waals surface area contributed by atoms with Gasteiger partial charge in [0.25, 0.3) is 0 Å². The smallest absolute Gasteiger partial charge is 0.373 e. The van der Waals surface area contributed by atoms with Gasteiger partial charge in [0.05, 0.1) is 7.11 Å². The first kappa shape index (κ1) is 11.5. The van der Waals surface area contributed by atoms with E-state index in [1.54, 1.807) is 12.1 Å². The first-order valence-electron chi connectivity index (χ1n) is 5.52. The summed E-state index contributed by atoms with van der Waals surface area (Å²) in [6.07, 6.45) is 0.921. The molecule has 1 aromatic carbocycles. The molecule has 2 aromatic rings. The summed E-state index contributed by atoms with van der Waals surface area (Å²) >= 11 is 0. The van der Waals surface area contributed by atoms with Gasteiger partial charge in [0, 0.05) is 5.56 Å². The van der Waals surface area contributed by atoms with E-state index in [2.05, 4.69) is 17.7 Å². The van der Waals surface area contributed by atoms with Crippen molar-refractivity contribution in [2.24, 2.45) is 0 Å². The van der Waals surface area contributed by atoms with E-state index in [0.717, 1.165) is 12.0 Å². The van der Waals surface area contributed by atoms with E-state index >= 15 is 0 Å². The Morgan fingerprint density at radius 2 is 2.00 bits per heavy atom. The summed E-state index contributed by atoms with van der Waals surface area (Å²) < 4.78 is 10.1. The summed E-state index contributed by atoms with van der Waals surface area (Å²) in [5.74, 6) is 0.474. The molecule has 0 N–H and O–H groups in total. The molecule has 0 saturated carbocycles. The molecule has 0 spiro atoms. The number of benzene rings is 1. The Hall–Kier alpha value is -2.03. The lowest BCUT2D eigenvalue weighted by atomic mass is 10.0. The number of carbonyl (C=O) groups is 1. The minimum Gasteiger partial charge on any atom is -0.463 e. The minimum atomic E-state index is -0.453. The molecule has 88 valence electrons. The molecule has 0 bridgehead atoms. The molecule has 0 atom stereocenters. The van der Waals surface area contributed by atoms with Gasteiger partial charge in [-0.25, -0.2) is 4.79 Å². The van der Waals surface area contributed by atoms with Gasteiger partial charge in [-0.1, -0.05) is 31.2 Å². The first-order chi connectivity index (χ1) is 8.26. The number of hydrogen-bond donors (Lipinski definition) is 0. The van der Waals surface area contributed by atoms with Crippen molar-refractivity contribution < 1.29 is 13.9 Å². The van der Waals surface area contributed by atoms with E-state index in [1.165, 1.54) is 12.7 Å². The zero-order valence-electron chi connectivity index (χ0n) is 9.90. The van der Waals surface area contributed by atoms with Gasteiger partial charge in [0.15, 0.2) is 0 Å². The maximum absolute atomic E-state index is 11.3. The van der Waals surface area contributed by atoms with Gasteiger partial charge < -0.3 is 9.15 Å². The van der Waals surface area contributed by atoms with Gasteiger partial charge in [-0.15, -0.1) is 0 Å². The van der Waals surface area contributed by atoms with Crippen LogP contribution >= 0.6 is 0 Å². The quantitative estimate of drug-likeness (QED) is 0.759. The van der Waals surface area contributed by atoms with Crippen LogP contribution in [0.1, 0.15) is 23.0 Å². The molecule has 2 rings (SSSR count). The van der Waals surface area contributed by atoms with E-state index in [0.29, 0.717) is 5.76 Å². The van der Waals surface area contributed by atoms with Crippen molar-refractivity contribution in [1.82, 2.24) is 0 Å². The molecule has 0 aliphatic rings. The fourth-order valence-corrected chi connectivity index (χ4v) is 1.76. The van der Waals surface area contributed by atoms with E-state index in [1.807, 2.05) is 18.2 Å².